The van der Waals surface area contributed by atoms with E-state index >= 15 is 0 Å². The molecule has 6 nitrogen and oxygen atoms in total. The van der Waals surface area contributed by atoms with Crippen molar-refractivity contribution in [2.24, 2.45) is 0 Å². The number of rotatable bonds is 4. The van der Waals surface area contributed by atoms with Gasteiger partial charge in [-0.25, -0.2) is 4.98 Å². The van der Waals surface area contributed by atoms with Gasteiger partial charge in [-0.1, -0.05) is 18.2 Å². The Morgan fingerprint density at radius 3 is 2.84 bits per heavy atom. The van der Waals surface area contributed by atoms with Crippen LogP contribution in [-0.2, 0) is 6.54 Å². The summed E-state index contributed by atoms with van der Waals surface area (Å²) < 4.78 is 0. The van der Waals surface area contributed by atoms with E-state index in [2.05, 4.69) is 10.3 Å². The maximum Gasteiger partial charge on any atom is 0.274 e. The molecule has 0 atom stereocenters. The van der Waals surface area contributed by atoms with Crippen molar-refractivity contribution in [1.29, 1.82) is 5.26 Å². The summed E-state index contributed by atoms with van der Waals surface area (Å²) >= 11 is 0. The molecule has 94 valence electrons. The summed E-state index contributed by atoms with van der Waals surface area (Å²) in [6.07, 6.45) is 1.52. The minimum atomic E-state index is -0.425. The second kappa shape index (κ2) is 5.60. The summed E-state index contributed by atoms with van der Waals surface area (Å²) in [5, 5.41) is 22.8. The van der Waals surface area contributed by atoms with Gasteiger partial charge < -0.3 is 5.32 Å². The number of nitro benzene ring substituents is 1. The molecule has 0 saturated heterocycles. The molecule has 0 amide bonds. The largest absolute Gasteiger partial charge is 0.378 e. The Balaban J connectivity index is 2.20. The van der Waals surface area contributed by atoms with E-state index in [1.165, 1.54) is 12.3 Å². The van der Waals surface area contributed by atoms with Crippen molar-refractivity contribution in [1.82, 2.24) is 4.98 Å². The number of hydrogen-bond acceptors (Lipinski definition) is 5. The lowest BCUT2D eigenvalue weighted by atomic mass is 10.1. The first-order chi connectivity index (χ1) is 9.22. The number of anilines is 1. The Hall–Kier alpha value is -2.94. The molecule has 6 heteroatoms. The third kappa shape index (κ3) is 2.84. The monoisotopic (exact) mass is 254 g/mol. The van der Waals surface area contributed by atoms with Crippen LogP contribution in [0.5, 0.6) is 0 Å². The van der Waals surface area contributed by atoms with Crippen LogP contribution in [0.1, 0.15) is 11.3 Å². The molecule has 0 unspecified atom stereocenters. The van der Waals surface area contributed by atoms with Gasteiger partial charge in [0.05, 0.1) is 10.6 Å². The van der Waals surface area contributed by atoms with Crippen LogP contribution >= 0.6 is 0 Å². The fourth-order valence-electron chi connectivity index (χ4n) is 1.67. The number of aromatic nitrogens is 1. The van der Waals surface area contributed by atoms with Gasteiger partial charge in [-0.05, 0) is 12.1 Å². The van der Waals surface area contributed by atoms with Crippen molar-refractivity contribution in [3.8, 4) is 6.07 Å². The minimum absolute atomic E-state index is 0.0531. The molecule has 1 heterocycles. The molecular formula is C13H10N4O2. The first-order valence-electron chi connectivity index (χ1n) is 5.53. The summed E-state index contributed by atoms with van der Waals surface area (Å²) in [5.41, 5.74) is 1.43. The number of para-hydroxylation sites is 1. The van der Waals surface area contributed by atoms with Crippen LogP contribution in [0.25, 0.3) is 0 Å². The van der Waals surface area contributed by atoms with Gasteiger partial charge >= 0.3 is 0 Å². The van der Waals surface area contributed by atoms with Gasteiger partial charge in [-0.3, -0.25) is 10.1 Å². The highest BCUT2D eigenvalue weighted by molar-refractivity contribution is 5.54. The van der Waals surface area contributed by atoms with E-state index < -0.39 is 4.92 Å². The summed E-state index contributed by atoms with van der Waals surface area (Å²) in [5.74, 6) is 0. The molecule has 0 aliphatic carbocycles. The van der Waals surface area contributed by atoms with Crippen LogP contribution in [0, 0.1) is 21.4 Å². The van der Waals surface area contributed by atoms with Crippen LogP contribution in [0.15, 0.2) is 42.6 Å². The molecule has 0 spiro atoms. The predicted octanol–water partition coefficient (Wildman–Crippen LogP) is 2.47. The lowest BCUT2D eigenvalue weighted by Gasteiger charge is -2.07. The topological polar surface area (TPSA) is 91.8 Å². The molecule has 1 aromatic carbocycles. The third-order valence-electron chi connectivity index (χ3n) is 2.57. The van der Waals surface area contributed by atoms with Gasteiger partial charge in [0.25, 0.3) is 5.69 Å². The molecule has 0 aliphatic rings. The number of nitrogens with one attached hydrogen (secondary N) is 1. The normalized spacial score (nSPS) is 9.63. The van der Waals surface area contributed by atoms with E-state index in [1.54, 1.807) is 30.3 Å². The van der Waals surface area contributed by atoms with Crippen molar-refractivity contribution in [2.45, 2.75) is 6.54 Å². The standard InChI is InChI=1S/C13H10N4O2/c14-8-12-11(5-3-7-15-12)16-9-10-4-1-2-6-13(10)17(18)19/h1-7,16H,9H2. The Morgan fingerprint density at radius 1 is 1.32 bits per heavy atom. The van der Waals surface area contributed by atoms with Crippen LogP contribution in [0.2, 0.25) is 0 Å². The molecule has 0 bridgehead atoms. The quantitative estimate of drug-likeness (QED) is 0.668. The third-order valence-corrected chi connectivity index (χ3v) is 2.57. The van der Waals surface area contributed by atoms with Crippen LogP contribution in [0.3, 0.4) is 0 Å². The summed E-state index contributed by atoms with van der Waals surface area (Å²) in [6, 6.07) is 11.8. The molecule has 19 heavy (non-hydrogen) atoms. The Bertz CT molecular complexity index is 649. The fourth-order valence-corrected chi connectivity index (χ4v) is 1.67. The van der Waals surface area contributed by atoms with Crippen LogP contribution in [-0.4, -0.2) is 9.91 Å². The molecule has 0 saturated carbocycles. The smallest absolute Gasteiger partial charge is 0.274 e. The summed E-state index contributed by atoms with van der Waals surface area (Å²) in [6.45, 7) is 0.261. The molecular weight excluding hydrogens is 244 g/mol. The van der Waals surface area contributed by atoms with E-state index in [9.17, 15) is 10.1 Å². The Morgan fingerprint density at radius 2 is 2.11 bits per heavy atom. The molecule has 0 radical (unpaired) electrons. The highest BCUT2D eigenvalue weighted by Crippen LogP contribution is 2.19. The second-order valence-corrected chi connectivity index (χ2v) is 3.75. The van der Waals surface area contributed by atoms with Gasteiger partial charge in [-0.15, -0.1) is 0 Å². The molecule has 0 fully saturated rings. The molecule has 1 N–H and O–H groups in total. The number of nitrogens with zero attached hydrogens (tertiary/aromatic N) is 3. The minimum Gasteiger partial charge on any atom is -0.378 e. The van der Waals surface area contributed by atoms with Crippen molar-refractivity contribution >= 4 is 11.4 Å². The number of nitro groups is 1. The average Bonchev–Trinajstić information content (AvgIpc) is 2.45. The van der Waals surface area contributed by atoms with Gasteiger partial charge in [0.15, 0.2) is 5.69 Å². The zero-order valence-corrected chi connectivity index (χ0v) is 9.91. The number of pyridine rings is 1. The number of benzene rings is 1. The lowest BCUT2D eigenvalue weighted by molar-refractivity contribution is -0.385. The molecule has 2 aromatic rings. The first-order valence-corrected chi connectivity index (χ1v) is 5.53. The van der Waals surface area contributed by atoms with E-state index in [1.807, 2.05) is 6.07 Å². The maximum atomic E-state index is 10.9. The maximum absolute atomic E-state index is 10.9. The molecule has 1 aromatic heterocycles. The summed E-state index contributed by atoms with van der Waals surface area (Å²) in [4.78, 5) is 14.4. The zero-order valence-electron chi connectivity index (χ0n) is 9.91. The zero-order chi connectivity index (χ0) is 13.7. The van der Waals surface area contributed by atoms with Crippen LogP contribution < -0.4 is 5.32 Å². The first kappa shape index (κ1) is 12.5. The predicted molar refractivity (Wildman–Crippen MR) is 69.4 cm³/mol. The van der Waals surface area contributed by atoms with Crippen molar-refractivity contribution < 1.29 is 4.92 Å². The van der Waals surface area contributed by atoms with Gasteiger partial charge in [-0.2, -0.15) is 5.26 Å². The Kier molecular flexibility index (Phi) is 3.69. The SMILES string of the molecule is N#Cc1ncccc1NCc1ccccc1[N+](=O)[O-]. The van der Waals surface area contributed by atoms with Gasteiger partial charge in [0, 0.05) is 24.4 Å². The van der Waals surface area contributed by atoms with E-state index in [-0.39, 0.29) is 17.9 Å². The van der Waals surface area contributed by atoms with Crippen molar-refractivity contribution in [2.75, 3.05) is 5.32 Å². The molecule has 0 aliphatic heterocycles. The number of nitriles is 1. The second-order valence-electron chi connectivity index (χ2n) is 3.75. The van der Waals surface area contributed by atoms with Gasteiger partial charge in [0.2, 0.25) is 0 Å². The lowest BCUT2D eigenvalue weighted by Crippen LogP contribution is -2.04. The average molecular weight is 254 g/mol. The van der Waals surface area contributed by atoms with E-state index in [0.717, 1.165) is 0 Å². The summed E-state index contributed by atoms with van der Waals surface area (Å²) in [7, 11) is 0. The highest BCUT2D eigenvalue weighted by atomic mass is 16.6. The fraction of sp³-hybridized carbons (Fsp3) is 0.0769. The highest BCUT2D eigenvalue weighted by Gasteiger charge is 2.12. The van der Waals surface area contributed by atoms with E-state index in [4.69, 9.17) is 5.26 Å². The van der Waals surface area contributed by atoms with Crippen molar-refractivity contribution in [3.05, 3.63) is 64.0 Å². The van der Waals surface area contributed by atoms with Crippen molar-refractivity contribution in [3.63, 3.8) is 0 Å². The Labute approximate surface area is 109 Å². The molecule has 2 rings (SSSR count). The van der Waals surface area contributed by atoms with Crippen LogP contribution in [0.4, 0.5) is 11.4 Å². The number of hydrogen-bond donors (Lipinski definition) is 1. The van der Waals surface area contributed by atoms with Gasteiger partial charge in [0.1, 0.15) is 6.07 Å². The van der Waals surface area contributed by atoms with E-state index in [0.29, 0.717) is 11.3 Å².